The molecule has 1 fully saturated rings. The molecule has 2 nitrogen and oxygen atoms in total. The van der Waals surface area contributed by atoms with Crippen LogP contribution in [0.2, 0.25) is 0 Å². The Labute approximate surface area is 87.7 Å². The van der Waals surface area contributed by atoms with Gasteiger partial charge in [-0.1, -0.05) is 20.3 Å². The van der Waals surface area contributed by atoms with Gasteiger partial charge < -0.3 is 9.84 Å². The van der Waals surface area contributed by atoms with Crippen molar-refractivity contribution in [3.8, 4) is 0 Å². The summed E-state index contributed by atoms with van der Waals surface area (Å²) in [6.07, 6.45) is 3.47. The van der Waals surface area contributed by atoms with Gasteiger partial charge in [-0.15, -0.1) is 0 Å². The molecule has 3 unspecified atom stereocenters. The van der Waals surface area contributed by atoms with Crippen molar-refractivity contribution >= 4 is 0 Å². The Bertz CT molecular complexity index is 179. The molecule has 0 aromatic heterocycles. The zero-order valence-electron chi connectivity index (χ0n) is 9.92. The second kappa shape index (κ2) is 4.63. The molecule has 1 aliphatic carbocycles. The largest absolute Gasteiger partial charge is 0.387 e. The third-order valence-electron chi connectivity index (χ3n) is 3.38. The van der Waals surface area contributed by atoms with E-state index in [-0.39, 0.29) is 6.10 Å². The first-order chi connectivity index (χ1) is 6.44. The predicted molar refractivity (Wildman–Crippen MR) is 58.2 cm³/mol. The Kier molecular flexibility index (Phi) is 3.96. The average Bonchev–Trinajstić information content (AvgIpc) is 2.09. The summed E-state index contributed by atoms with van der Waals surface area (Å²) in [5.41, 5.74) is -0.581. The van der Waals surface area contributed by atoms with Crippen molar-refractivity contribution in [2.75, 3.05) is 6.61 Å². The number of hydrogen-bond donors (Lipinski definition) is 1. The van der Waals surface area contributed by atoms with Crippen LogP contribution in [0.25, 0.3) is 0 Å². The van der Waals surface area contributed by atoms with Crippen LogP contribution < -0.4 is 0 Å². The summed E-state index contributed by atoms with van der Waals surface area (Å²) in [5, 5.41) is 10.4. The molecular weight excluding hydrogens is 176 g/mol. The topological polar surface area (TPSA) is 29.5 Å². The number of ether oxygens (including phenoxy) is 1. The van der Waals surface area contributed by atoms with E-state index in [1.54, 1.807) is 0 Å². The molecule has 0 radical (unpaired) electrons. The van der Waals surface area contributed by atoms with E-state index in [2.05, 4.69) is 13.8 Å². The van der Waals surface area contributed by atoms with Gasteiger partial charge in [-0.3, -0.25) is 0 Å². The molecule has 14 heavy (non-hydrogen) atoms. The molecule has 0 spiro atoms. The van der Waals surface area contributed by atoms with Crippen molar-refractivity contribution in [3.63, 3.8) is 0 Å². The van der Waals surface area contributed by atoms with Crippen LogP contribution in [0, 0.1) is 11.8 Å². The van der Waals surface area contributed by atoms with Crippen molar-refractivity contribution in [2.45, 2.75) is 58.7 Å². The van der Waals surface area contributed by atoms with Crippen molar-refractivity contribution in [1.29, 1.82) is 0 Å². The molecular formula is C12H24O2. The van der Waals surface area contributed by atoms with Gasteiger partial charge in [0.25, 0.3) is 0 Å². The highest BCUT2D eigenvalue weighted by molar-refractivity contribution is 4.90. The van der Waals surface area contributed by atoms with Gasteiger partial charge in [0, 0.05) is 0 Å². The summed E-state index contributed by atoms with van der Waals surface area (Å²) in [6.45, 7) is 8.87. The summed E-state index contributed by atoms with van der Waals surface area (Å²) in [4.78, 5) is 0. The third-order valence-corrected chi connectivity index (χ3v) is 3.38. The van der Waals surface area contributed by atoms with Crippen molar-refractivity contribution in [3.05, 3.63) is 0 Å². The Morgan fingerprint density at radius 3 is 2.57 bits per heavy atom. The van der Waals surface area contributed by atoms with E-state index in [4.69, 9.17) is 4.74 Å². The van der Waals surface area contributed by atoms with Crippen LogP contribution in [0.5, 0.6) is 0 Å². The molecule has 0 aromatic carbocycles. The van der Waals surface area contributed by atoms with Crippen LogP contribution in [0.15, 0.2) is 0 Å². The van der Waals surface area contributed by atoms with Gasteiger partial charge in [-0.2, -0.15) is 0 Å². The minimum Gasteiger partial charge on any atom is -0.387 e. The van der Waals surface area contributed by atoms with Gasteiger partial charge in [0.1, 0.15) is 0 Å². The van der Waals surface area contributed by atoms with Gasteiger partial charge in [0.05, 0.1) is 18.3 Å². The van der Waals surface area contributed by atoms with Crippen LogP contribution >= 0.6 is 0 Å². The fourth-order valence-electron chi connectivity index (χ4n) is 2.22. The fourth-order valence-corrected chi connectivity index (χ4v) is 2.22. The van der Waals surface area contributed by atoms with Crippen molar-refractivity contribution < 1.29 is 9.84 Å². The molecule has 1 aliphatic rings. The molecule has 0 aromatic rings. The van der Waals surface area contributed by atoms with E-state index < -0.39 is 5.60 Å². The average molecular weight is 200 g/mol. The van der Waals surface area contributed by atoms with Crippen LogP contribution in [-0.4, -0.2) is 23.4 Å². The highest BCUT2D eigenvalue weighted by Gasteiger charge is 2.39. The molecule has 1 rings (SSSR count). The maximum Gasteiger partial charge on any atom is 0.0908 e. The SMILES string of the molecule is CC1CCC(C)C(O)(COC(C)C)C1. The van der Waals surface area contributed by atoms with Gasteiger partial charge in [0.2, 0.25) is 0 Å². The van der Waals surface area contributed by atoms with E-state index in [1.165, 1.54) is 6.42 Å². The van der Waals surface area contributed by atoms with Gasteiger partial charge >= 0.3 is 0 Å². The maximum atomic E-state index is 10.4. The number of hydrogen-bond acceptors (Lipinski definition) is 2. The molecule has 1 saturated carbocycles. The lowest BCUT2D eigenvalue weighted by Crippen LogP contribution is -2.46. The first-order valence-corrected chi connectivity index (χ1v) is 5.78. The summed E-state index contributed by atoms with van der Waals surface area (Å²) in [5.74, 6) is 1.00. The molecule has 0 heterocycles. The Balaban J connectivity index is 2.50. The minimum atomic E-state index is -0.581. The second-order valence-electron chi connectivity index (χ2n) is 5.25. The van der Waals surface area contributed by atoms with Gasteiger partial charge in [0.15, 0.2) is 0 Å². The number of rotatable bonds is 3. The lowest BCUT2D eigenvalue weighted by molar-refractivity contribution is -0.121. The summed E-state index contributed by atoms with van der Waals surface area (Å²) in [7, 11) is 0. The molecule has 0 amide bonds. The zero-order valence-corrected chi connectivity index (χ0v) is 9.92. The van der Waals surface area contributed by atoms with Crippen LogP contribution in [-0.2, 0) is 4.74 Å². The summed E-state index contributed by atoms with van der Waals surface area (Å²) >= 11 is 0. The minimum absolute atomic E-state index is 0.212. The van der Waals surface area contributed by atoms with E-state index >= 15 is 0 Å². The zero-order chi connectivity index (χ0) is 10.8. The van der Waals surface area contributed by atoms with Crippen molar-refractivity contribution in [2.24, 2.45) is 11.8 Å². The molecule has 0 aliphatic heterocycles. The first-order valence-electron chi connectivity index (χ1n) is 5.78. The second-order valence-corrected chi connectivity index (χ2v) is 5.25. The molecule has 1 N–H and O–H groups in total. The smallest absolute Gasteiger partial charge is 0.0908 e. The Hall–Kier alpha value is -0.0800. The Morgan fingerprint density at radius 1 is 1.36 bits per heavy atom. The predicted octanol–water partition coefficient (Wildman–Crippen LogP) is 2.60. The normalized spacial score (nSPS) is 39.0. The summed E-state index contributed by atoms with van der Waals surface area (Å²) in [6, 6.07) is 0. The molecule has 0 saturated heterocycles. The van der Waals surface area contributed by atoms with Gasteiger partial charge in [-0.05, 0) is 38.5 Å². The first kappa shape index (κ1) is 12.0. The quantitative estimate of drug-likeness (QED) is 0.759. The lowest BCUT2D eigenvalue weighted by atomic mass is 9.72. The van der Waals surface area contributed by atoms with Crippen LogP contribution in [0.4, 0.5) is 0 Å². The molecule has 2 heteroatoms. The third kappa shape index (κ3) is 2.96. The van der Waals surface area contributed by atoms with Crippen LogP contribution in [0.1, 0.15) is 47.0 Å². The van der Waals surface area contributed by atoms with E-state index in [9.17, 15) is 5.11 Å². The Morgan fingerprint density at radius 2 is 2.00 bits per heavy atom. The lowest BCUT2D eigenvalue weighted by Gasteiger charge is -2.41. The molecule has 3 atom stereocenters. The fraction of sp³-hybridized carbons (Fsp3) is 1.00. The van der Waals surface area contributed by atoms with E-state index in [0.717, 1.165) is 12.8 Å². The van der Waals surface area contributed by atoms with E-state index in [1.807, 2.05) is 13.8 Å². The molecule has 84 valence electrons. The highest BCUT2D eigenvalue weighted by atomic mass is 16.5. The number of aliphatic hydroxyl groups is 1. The maximum absolute atomic E-state index is 10.4. The van der Waals surface area contributed by atoms with E-state index in [0.29, 0.717) is 18.4 Å². The summed E-state index contributed by atoms with van der Waals surface area (Å²) < 4.78 is 5.55. The highest BCUT2D eigenvalue weighted by Crippen LogP contribution is 2.37. The van der Waals surface area contributed by atoms with Crippen LogP contribution in [0.3, 0.4) is 0 Å². The van der Waals surface area contributed by atoms with Crippen molar-refractivity contribution in [1.82, 2.24) is 0 Å². The molecule has 0 bridgehead atoms. The monoisotopic (exact) mass is 200 g/mol. The standard InChI is InChI=1S/C12H24O2/c1-9(2)14-8-12(13)7-10(3)5-6-11(12)4/h9-11,13H,5-8H2,1-4H3. The van der Waals surface area contributed by atoms with Gasteiger partial charge in [-0.25, -0.2) is 0 Å².